The number of esters is 2. The molecule has 0 saturated carbocycles. The van der Waals surface area contributed by atoms with Gasteiger partial charge in [0.05, 0.1) is 23.7 Å². The molecule has 6 heteroatoms. The highest BCUT2D eigenvalue weighted by Gasteiger charge is 2.57. The maximum atomic E-state index is 12.1. The minimum atomic E-state index is -0.672. The first-order valence-corrected chi connectivity index (χ1v) is 8.43. The smallest absolute Gasteiger partial charge is 0.334 e. The Morgan fingerprint density at radius 1 is 1.48 bits per heavy atom. The van der Waals surface area contributed by atoms with Crippen LogP contribution in [0.15, 0.2) is 36.0 Å². The van der Waals surface area contributed by atoms with Crippen LogP contribution in [0.1, 0.15) is 33.6 Å². The second-order valence-electron chi connectivity index (χ2n) is 7.43. The third kappa shape index (κ3) is 3.28. The largest absolute Gasteiger partial charge is 0.458 e. The van der Waals surface area contributed by atoms with Gasteiger partial charge in [0, 0.05) is 24.0 Å². The van der Waals surface area contributed by atoms with Gasteiger partial charge in [0.15, 0.2) is 0 Å². The van der Waals surface area contributed by atoms with Crippen LogP contribution in [-0.2, 0) is 23.8 Å². The number of hydrogen-bond donors (Lipinski definition) is 1. The van der Waals surface area contributed by atoms with E-state index >= 15 is 0 Å². The number of rotatable bonds is 2. The van der Waals surface area contributed by atoms with E-state index in [0.717, 1.165) is 0 Å². The van der Waals surface area contributed by atoms with Crippen molar-refractivity contribution in [3.8, 4) is 0 Å². The molecule has 1 N–H and O–H groups in total. The summed E-state index contributed by atoms with van der Waals surface area (Å²) in [4.78, 5) is 24.2. The molecule has 25 heavy (non-hydrogen) atoms. The van der Waals surface area contributed by atoms with Gasteiger partial charge < -0.3 is 19.3 Å². The normalized spacial score (nSPS) is 42.4. The quantitative estimate of drug-likeness (QED) is 0.355. The van der Waals surface area contributed by atoms with Crippen LogP contribution < -0.4 is 0 Å². The van der Waals surface area contributed by atoms with Gasteiger partial charge in [-0.3, -0.25) is 0 Å². The van der Waals surface area contributed by atoms with Crippen molar-refractivity contribution in [2.45, 2.75) is 63.6 Å². The van der Waals surface area contributed by atoms with Crippen LogP contribution in [-0.4, -0.2) is 47.1 Å². The summed E-state index contributed by atoms with van der Waals surface area (Å²) in [7, 11) is 0. The van der Waals surface area contributed by atoms with Gasteiger partial charge in [-0.15, -0.1) is 0 Å². The minimum Gasteiger partial charge on any atom is -0.458 e. The average molecular weight is 348 g/mol. The van der Waals surface area contributed by atoms with E-state index in [-0.39, 0.29) is 17.3 Å². The highest BCUT2D eigenvalue weighted by molar-refractivity contribution is 5.91. The molecule has 136 valence electrons. The van der Waals surface area contributed by atoms with Gasteiger partial charge in [-0.1, -0.05) is 13.2 Å². The second-order valence-corrected chi connectivity index (χ2v) is 7.43. The van der Waals surface area contributed by atoms with Crippen LogP contribution in [0.5, 0.6) is 0 Å². The van der Waals surface area contributed by atoms with Crippen LogP contribution in [0, 0.1) is 5.92 Å². The summed E-state index contributed by atoms with van der Waals surface area (Å²) in [6, 6.07) is 0. The number of aliphatic hydroxyl groups excluding tert-OH is 1. The fourth-order valence-electron chi connectivity index (χ4n) is 3.59. The third-order valence-corrected chi connectivity index (χ3v) is 5.30. The van der Waals surface area contributed by atoms with Crippen molar-refractivity contribution < 1.29 is 28.9 Å². The molecule has 0 radical (unpaired) electrons. The van der Waals surface area contributed by atoms with Crippen molar-refractivity contribution in [1.29, 1.82) is 0 Å². The summed E-state index contributed by atoms with van der Waals surface area (Å²) in [6.45, 7) is 12.7. The zero-order chi connectivity index (χ0) is 18.5. The molecule has 3 aliphatic rings. The third-order valence-electron chi connectivity index (χ3n) is 5.30. The standard InChI is InChI=1S/C19H24O6/c1-9(2)17(21)24-14-8-19(5)15(25-19)7-12(20)10(3)6-13-16(14)11(4)18(22)23-13/h6,12-16,20H,1,4,7-8H2,2-3,5H3/b10-6+/t12-,13+,14+,15+,16-,19+/m0/s1. The number of ether oxygens (including phenoxy) is 3. The van der Waals surface area contributed by atoms with E-state index in [0.29, 0.717) is 18.4 Å². The Hall–Kier alpha value is -1.92. The number of fused-ring (bicyclic) bond motifs is 2. The fourth-order valence-corrected chi connectivity index (χ4v) is 3.59. The molecule has 6 nitrogen and oxygen atoms in total. The van der Waals surface area contributed by atoms with E-state index in [1.807, 2.05) is 6.92 Å². The van der Waals surface area contributed by atoms with Gasteiger partial charge in [-0.05, 0) is 32.4 Å². The van der Waals surface area contributed by atoms with Crippen molar-refractivity contribution in [2.24, 2.45) is 5.92 Å². The van der Waals surface area contributed by atoms with E-state index in [9.17, 15) is 14.7 Å². The molecule has 6 atom stereocenters. The lowest BCUT2D eigenvalue weighted by molar-refractivity contribution is -0.148. The Labute approximate surface area is 147 Å². The average Bonchev–Trinajstić information content (AvgIpc) is 3.04. The topological polar surface area (TPSA) is 85.4 Å². The zero-order valence-electron chi connectivity index (χ0n) is 14.8. The lowest BCUT2D eigenvalue weighted by Crippen LogP contribution is -2.37. The maximum Gasteiger partial charge on any atom is 0.334 e. The van der Waals surface area contributed by atoms with Gasteiger partial charge in [0.1, 0.15) is 12.2 Å². The number of carbonyl (C=O) groups excluding carboxylic acids is 2. The van der Waals surface area contributed by atoms with Crippen molar-refractivity contribution in [2.75, 3.05) is 0 Å². The molecule has 0 aromatic carbocycles. The van der Waals surface area contributed by atoms with Gasteiger partial charge in [-0.2, -0.15) is 0 Å². The molecule has 2 heterocycles. The summed E-state index contributed by atoms with van der Waals surface area (Å²) in [6.07, 6.45) is 0.519. The van der Waals surface area contributed by atoms with E-state index in [1.54, 1.807) is 19.9 Å². The highest BCUT2D eigenvalue weighted by Crippen LogP contribution is 2.47. The zero-order valence-corrected chi connectivity index (χ0v) is 14.8. The van der Waals surface area contributed by atoms with Crippen LogP contribution in [0.25, 0.3) is 0 Å². The van der Waals surface area contributed by atoms with E-state index in [4.69, 9.17) is 14.2 Å². The number of epoxide rings is 1. The summed E-state index contributed by atoms with van der Waals surface area (Å²) in [5, 5.41) is 10.3. The lowest BCUT2D eigenvalue weighted by atomic mass is 9.82. The minimum absolute atomic E-state index is 0.125. The Morgan fingerprint density at radius 2 is 2.16 bits per heavy atom. The molecule has 1 aliphatic carbocycles. The molecule has 0 aromatic heterocycles. The van der Waals surface area contributed by atoms with Crippen LogP contribution in [0.3, 0.4) is 0 Å². The fraction of sp³-hybridized carbons (Fsp3) is 0.579. The van der Waals surface area contributed by atoms with E-state index in [1.165, 1.54) is 0 Å². The molecule has 0 amide bonds. The molecular formula is C19H24O6. The molecule has 0 spiro atoms. The van der Waals surface area contributed by atoms with Crippen molar-refractivity contribution in [3.63, 3.8) is 0 Å². The molecule has 0 unspecified atom stereocenters. The van der Waals surface area contributed by atoms with Crippen molar-refractivity contribution in [3.05, 3.63) is 36.0 Å². The first-order valence-electron chi connectivity index (χ1n) is 8.43. The summed E-state index contributed by atoms with van der Waals surface area (Å²) in [5.41, 5.74) is 0.728. The summed E-state index contributed by atoms with van der Waals surface area (Å²) in [5.74, 6) is -1.55. The first kappa shape index (κ1) is 17.9. The number of aliphatic hydroxyl groups is 1. The Kier molecular flexibility index (Phi) is 4.37. The van der Waals surface area contributed by atoms with E-state index < -0.39 is 41.8 Å². The monoisotopic (exact) mass is 348 g/mol. The number of carbonyl (C=O) groups is 2. The SMILES string of the molecule is C=C(C)C(=O)O[C@@H]1C[C@@]2(C)O[C@@H]2C[C@H](O)/C(C)=C/[C@H]2OC(=O)C(=C)[C@@H]21. The molecule has 0 aromatic rings. The predicted octanol–water partition coefficient (Wildman–Crippen LogP) is 1.83. The van der Waals surface area contributed by atoms with Gasteiger partial charge in [0.25, 0.3) is 0 Å². The Balaban J connectivity index is 1.98. The molecular weight excluding hydrogens is 324 g/mol. The van der Waals surface area contributed by atoms with Crippen molar-refractivity contribution >= 4 is 11.9 Å². The van der Waals surface area contributed by atoms with Gasteiger partial charge in [-0.25, -0.2) is 9.59 Å². The lowest BCUT2D eigenvalue weighted by Gasteiger charge is -2.29. The molecule has 2 aliphatic heterocycles. The maximum absolute atomic E-state index is 12.1. The molecule has 2 fully saturated rings. The van der Waals surface area contributed by atoms with Crippen LogP contribution in [0.2, 0.25) is 0 Å². The molecule has 0 bridgehead atoms. The second kappa shape index (κ2) is 6.11. The Morgan fingerprint density at radius 3 is 2.80 bits per heavy atom. The highest BCUT2D eigenvalue weighted by atomic mass is 16.6. The van der Waals surface area contributed by atoms with Crippen molar-refractivity contribution in [1.82, 2.24) is 0 Å². The first-order chi connectivity index (χ1) is 11.6. The summed E-state index contributed by atoms with van der Waals surface area (Å²) < 4.78 is 16.8. The summed E-state index contributed by atoms with van der Waals surface area (Å²) >= 11 is 0. The predicted molar refractivity (Wildman–Crippen MR) is 89.5 cm³/mol. The van der Waals surface area contributed by atoms with Crippen LogP contribution in [0.4, 0.5) is 0 Å². The molecule has 3 rings (SSSR count). The number of hydrogen-bond acceptors (Lipinski definition) is 6. The van der Waals surface area contributed by atoms with Gasteiger partial charge in [0.2, 0.25) is 0 Å². The van der Waals surface area contributed by atoms with Crippen LogP contribution >= 0.6 is 0 Å². The molecule has 2 saturated heterocycles. The van der Waals surface area contributed by atoms with Gasteiger partial charge >= 0.3 is 11.9 Å². The Bertz CT molecular complexity index is 677. The van der Waals surface area contributed by atoms with E-state index in [2.05, 4.69) is 13.2 Å².